The van der Waals surface area contributed by atoms with Crippen molar-refractivity contribution in [3.05, 3.63) is 34.8 Å². The Kier molecular flexibility index (Phi) is 3.31. The molecule has 0 saturated heterocycles. The van der Waals surface area contributed by atoms with Crippen LogP contribution in [-0.4, -0.2) is 32.1 Å². The molecule has 1 aliphatic heterocycles. The fourth-order valence-electron chi connectivity index (χ4n) is 2.98. The molecule has 2 aromatic rings. The van der Waals surface area contributed by atoms with E-state index in [9.17, 15) is 4.79 Å². The van der Waals surface area contributed by atoms with Gasteiger partial charge < -0.3 is 13.9 Å². The van der Waals surface area contributed by atoms with Crippen LogP contribution < -0.4 is 0 Å². The largest absolute Gasteiger partial charge is 0.466 e. The molecule has 0 fully saturated rings. The van der Waals surface area contributed by atoms with Crippen molar-refractivity contribution in [3.8, 4) is 0 Å². The number of furan rings is 1. The van der Waals surface area contributed by atoms with Gasteiger partial charge in [-0.05, 0) is 33.8 Å². The molecule has 1 amide bonds. The number of carbonyl (C=O) groups is 1. The summed E-state index contributed by atoms with van der Waals surface area (Å²) in [5.74, 6) is 3.36. The first-order valence-electron chi connectivity index (χ1n) is 7.21. The molecule has 6 heteroatoms. The second-order valence-electron chi connectivity index (χ2n) is 5.67. The van der Waals surface area contributed by atoms with Gasteiger partial charge in [0.15, 0.2) is 5.82 Å². The summed E-state index contributed by atoms with van der Waals surface area (Å²) in [4.78, 5) is 14.6. The molecule has 0 saturated carbocycles. The minimum Gasteiger partial charge on any atom is -0.466 e. The number of aryl methyl sites for hydroxylation is 3. The van der Waals surface area contributed by atoms with Crippen LogP contribution in [0.25, 0.3) is 0 Å². The predicted molar refractivity (Wildman–Crippen MR) is 76.8 cm³/mol. The van der Waals surface area contributed by atoms with E-state index < -0.39 is 0 Å². The van der Waals surface area contributed by atoms with Gasteiger partial charge in [-0.2, -0.15) is 0 Å². The van der Waals surface area contributed by atoms with E-state index in [0.717, 1.165) is 35.3 Å². The first-order valence-corrected chi connectivity index (χ1v) is 7.21. The third kappa shape index (κ3) is 2.34. The zero-order valence-electron chi connectivity index (χ0n) is 12.9. The highest BCUT2D eigenvalue weighted by molar-refractivity contribution is 5.83. The van der Waals surface area contributed by atoms with Crippen LogP contribution in [0.15, 0.2) is 10.5 Å². The van der Waals surface area contributed by atoms with Crippen LogP contribution >= 0.6 is 0 Å². The summed E-state index contributed by atoms with van der Waals surface area (Å²) in [5, 5.41) is 8.22. The van der Waals surface area contributed by atoms with Crippen molar-refractivity contribution in [3.63, 3.8) is 0 Å². The smallest absolute Gasteiger partial charge is 0.230 e. The van der Waals surface area contributed by atoms with Crippen LogP contribution in [0.2, 0.25) is 0 Å². The number of rotatable bonds is 2. The first-order chi connectivity index (χ1) is 9.97. The van der Waals surface area contributed by atoms with Crippen LogP contribution in [0, 0.1) is 20.8 Å². The Morgan fingerprint density at radius 1 is 1.29 bits per heavy atom. The van der Waals surface area contributed by atoms with Gasteiger partial charge in [-0.1, -0.05) is 0 Å². The van der Waals surface area contributed by atoms with Gasteiger partial charge in [-0.3, -0.25) is 4.79 Å². The minimum absolute atomic E-state index is 0.116. The maximum atomic E-state index is 12.7. The molecule has 0 aliphatic carbocycles. The Morgan fingerprint density at radius 2 is 2.05 bits per heavy atom. The fourth-order valence-corrected chi connectivity index (χ4v) is 2.98. The molecular formula is C15H20N4O2. The normalized spacial score (nSPS) is 15.9. The molecule has 0 aromatic carbocycles. The number of hydrogen-bond acceptors (Lipinski definition) is 4. The number of carbonyl (C=O) groups excluding carboxylic acids is 1. The van der Waals surface area contributed by atoms with Crippen LogP contribution in [0.1, 0.15) is 41.6 Å². The van der Waals surface area contributed by atoms with Gasteiger partial charge in [-0.25, -0.2) is 0 Å². The molecule has 0 spiro atoms. The van der Waals surface area contributed by atoms with E-state index in [1.165, 1.54) is 0 Å². The van der Waals surface area contributed by atoms with Gasteiger partial charge in [-0.15, -0.1) is 10.2 Å². The highest BCUT2D eigenvalue weighted by Crippen LogP contribution is 2.26. The topological polar surface area (TPSA) is 64.2 Å². The van der Waals surface area contributed by atoms with Crippen molar-refractivity contribution in [2.24, 2.45) is 0 Å². The van der Waals surface area contributed by atoms with E-state index in [4.69, 9.17) is 4.42 Å². The number of hydrogen-bond donors (Lipinski definition) is 0. The Hall–Kier alpha value is -2.11. The van der Waals surface area contributed by atoms with E-state index in [2.05, 4.69) is 14.8 Å². The zero-order valence-corrected chi connectivity index (χ0v) is 12.9. The summed E-state index contributed by atoms with van der Waals surface area (Å²) in [5.41, 5.74) is 0.973. The van der Waals surface area contributed by atoms with E-state index in [0.29, 0.717) is 13.1 Å². The van der Waals surface area contributed by atoms with Gasteiger partial charge in [0, 0.05) is 18.7 Å². The monoisotopic (exact) mass is 288 g/mol. The van der Waals surface area contributed by atoms with Gasteiger partial charge in [0.05, 0.1) is 12.5 Å². The molecule has 0 radical (unpaired) electrons. The van der Waals surface area contributed by atoms with Crippen molar-refractivity contribution in [2.75, 3.05) is 6.54 Å². The summed E-state index contributed by atoms with van der Waals surface area (Å²) in [6.07, 6.45) is 0. The molecule has 21 heavy (non-hydrogen) atoms. The first kappa shape index (κ1) is 13.9. The molecule has 112 valence electrons. The maximum Gasteiger partial charge on any atom is 0.230 e. The SMILES string of the molecule is Cc1cc(C(C)C(=O)N2CCn3c(C)nnc3C2)c(C)o1. The summed E-state index contributed by atoms with van der Waals surface area (Å²) in [6, 6.07) is 1.95. The van der Waals surface area contributed by atoms with E-state index in [1.54, 1.807) is 0 Å². The fraction of sp³-hybridized carbons (Fsp3) is 0.533. The Bertz CT molecular complexity index is 686. The van der Waals surface area contributed by atoms with Gasteiger partial charge in [0.1, 0.15) is 17.3 Å². The van der Waals surface area contributed by atoms with Crippen molar-refractivity contribution < 1.29 is 9.21 Å². The summed E-state index contributed by atoms with van der Waals surface area (Å²) < 4.78 is 7.61. The maximum absolute atomic E-state index is 12.7. The highest BCUT2D eigenvalue weighted by atomic mass is 16.3. The Labute approximate surface area is 123 Å². The van der Waals surface area contributed by atoms with E-state index >= 15 is 0 Å². The summed E-state index contributed by atoms with van der Waals surface area (Å²) >= 11 is 0. The van der Waals surface area contributed by atoms with Gasteiger partial charge in [0.2, 0.25) is 5.91 Å². The molecule has 6 nitrogen and oxygen atoms in total. The third-order valence-electron chi connectivity index (χ3n) is 4.17. The quantitative estimate of drug-likeness (QED) is 0.847. The Morgan fingerprint density at radius 3 is 2.71 bits per heavy atom. The lowest BCUT2D eigenvalue weighted by atomic mass is 9.99. The van der Waals surface area contributed by atoms with E-state index in [1.807, 2.05) is 38.7 Å². The average molecular weight is 288 g/mol. The molecule has 3 heterocycles. The van der Waals surface area contributed by atoms with Crippen molar-refractivity contribution in [1.29, 1.82) is 0 Å². The van der Waals surface area contributed by atoms with E-state index in [-0.39, 0.29) is 11.8 Å². The summed E-state index contributed by atoms with van der Waals surface area (Å²) in [7, 11) is 0. The second-order valence-corrected chi connectivity index (χ2v) is 5.67. The molecule has 1 aliphatic rings. The molecular weight excluding hydrogens is 268 g/mol. The van der Waals surface area contributed by atoms with Crippen molar-refractivity contribution in [1.82, 2.24) is 19.7 Å². The molecule has 1 unspecified atom stereocenters. The summed E-state index contributed by atoms with van der Waals surface area (Å²) in [6.45, 7) is 9.67. The second kappa shape index (κ2) is 5.02. The Balaban J connectivity index is 1.79. The van der Waals surface area contributed by atoms with Crippen molar-refractivity contribution in [2.45, 2.75) is 46.7 Å². The standard InChI is InChI=1S/C15H20N4O2/c1-9-7-13(11(3)21-9)10(2)15(20)18-5-6-19-12(4)16-17-14(19)8-18/h7,10H,5-6,8H2,1-4H3. The number of amides is 1. The highest BCUT2D eigenvalue weighted by Gasteiger charge is 2.28. The van der Waals surface area contributed by atoms with Crippen LogP contribution in [0.4, 0.5) is 0 Å². The molecule has 0 bridgehead atoms. The zero-order chi connectivity index (χ0) is 15.1. The van der Waals surface area contributed by atoms with Crippen molar-refractivity contribution >= 4 is 5.91 Å². The predicted octanol–water partition coefficient (Wildman–Crippen LogP) is 1.94. The van der Waals surface area contributed by atoms with Gasteiger partial charge >= 0.3 is 0 Å². The molecule has 1 atom stereocenters. The molecule has 0 N–H and O–H groups in total. The van der Waals surface area contributed by atoms with Crippen LogP contribution in [0.5, 0.6) is 0 Å². The number of nitrogens with zero attached hydrogens (tertiary/aromatic N) is 4. The lowest BCUT2D eigenvalue weighted by molar-refractivity contribution is -0.134. The average Bonchev–Trinajstić information content (AvgIpc) is 3.00. The lowest BCUT2D eigenvalue weighted by Crippen LogP contribution is -2.40. The minimum atomic E-state index is -0.196. The van der Waals surface area contributed by atoms with Crippen LogP contribution in [0.3, 0.4) is 0 Å². The van der Waals surface area contributed by atoms with Gasteiger partial charge in [0.25, 0.3) is 0 Å². The number of aromatic nitrogens is 3. The lowest BCUT2D eigenvalue weighted by Gasteiger charge is -2.29. The number of fused-ring (bicyclic) bond motifs is 1. The third-order valence-corrected chi connectivity index (χ3v) is 4.17. The molecule has 3 rings (SSSR count). The van der Waals surface area contributed by atoms with Crippen LogP contribution in [-0.2, 0) is 17.9 Å². The molecule has 2 aromatic heterocycles.